The monoisotopic (exact) mass is 225 g/mol. The Bertz CT molecular complexity index is 176. The summed E-state index contributed by atoms with van der Waals surface area (Å²) in [6.45, 7) is 8.13. The minimum Gasteiger partial charge on any atom is -0.378 e. The summed E-state index contributed by atoms with van der Waals surface area (Å²) in [4.78, 5) is 0. The van der Waals surface area contributed by atoms with Crippen molar-refractivity contribution in [1.29, 1.82) is 0 Å². The maximum absolute atomic E-state index is 5.66. The van der Waals surface area contributed by atoms with Gasteiger partial charge in [0.25, 0.3) is 0 Å². The molecular formula is C14H27NO. The normalized spacial score (nSPS) is 22.2. The molecule has 2 atom stereocenters. The minimum absolute atomic E-state index is 0.537. The van der Waals surface area contributed by atoms with Crippen LogP contribution in [-0.4, -0.2) is 25.3 Å². The van der Waals surface area contributed by atoms with Gasteiger partial charge in [-0.1, -0.05) is 13.0 Å². The zero-order chi connectivity index (χ0) is 11.6. The molecule has 0 spiro atoms. The highest BCUT2D eigenvalue weighted by molar-refractivity contribution is 4.76. The van der Waals surface area contributed by atoms with Crippen molar-refractivity contribution in [3.05, 3.63) is 12.7 Å². The molecule has 0 aliphatic carbocycles. The summed E-state index contributed by atoms with van der Waals surface area (Å²) in [5.74, 6) is 0. The van der Waals surface area contributed by atoms with E-state index in [9.17, 15) is 0 Å². The van der Waals surface area contributed by atoms with E-state index in [0.29, 0.717) is 12.1 Å². The Labute approximate surface area is 100 Å². The van der Waals surface area contributed by atoms with E-state index >= 15 is 0 Å². The van der Waals surface area contributed by atoms with E-state index in [4.69, 9.17) is 4.74 Å². The molecule has 1 heterocycles. The fraction of sp³-hybridized carbons (Fsp3) is 0.857. The molecule has 0 radical (unpaired) electrons. The van der Waals surface area contributed by atoms with Gasteiger partial charge >= 0.3 is 0 Å². The molecule has 1 aliphatic heterocycles. The summed E-state index contributed by atoms with van der Waals surface area (Å²) in [5.41, 5.74) is 0. The number of nitrogens with one attached hydrogen (secondary N) is 1. The first kappa shape index (κ1) is 13.7. The van der Waals surface area contributed by atoms with Crippen LogP contribution in [0.4, 0.5) is 0 Å². The zero-order valence-electron chi connectivity index (χ0n) is 10.7. The lowest BCUT2D eigenvalue weighted by molar-refractivity contribution is 0.0993. The number of hydrogen-bond acceptors (Lipinski definition) is 2. The van der Waals surface area contributed by atoms with Gasteiger partial charge in [-0.05, 0) is 51.5 Å². The van der Waals surface area contributed by atoms with Crippen LogP contribution >= 0.6 is 0 Å². The van der Waals surface area contributed by atoms with Crippen LogP contribution in [0.2, 0.25) is 0 Å². The van der Waals surface area contributed by atoms with Gasteiger partial charge in [0, 0.05) is 12.6 Å². The maximum Gasteiger partial charge on any atom is 0.0576 e. The van der Waals surface area contributed by atoms with Gasteiger partial charge in [0.2, 0.25) is 0 Å². The fourth-order valence-electron chi connectivity index (χ4n) is 2.28. The SMILES string of the molecule is C=CCCC(CCC1CCCO1)NCCC. The van der Waals surface area contributed by atoms with Crippen molar-refractivity contribution < 1.29 is 4.74 Å². The molecule has 0 aromatic carbocycles. The highest BCUT2D eigenvalue weighted by Crippen LogP contribution is 2.18. The Balaban J connectivity index is 2.15. The molecule has 0 aromatic rings. The van der Waals surface area contributed by atoms with Gasteiger partial charge in [-0.25, -0.2) is 0 Å². The van der Waals surface area contributed by atoms with E-state index in [1.165, 1.54) is 38.5 Å². The predicted octanol–water partition coefficient (Wildman–Crippen LogP) is 3.28. The largest absolute Gasteiger partial charge is 0.378 e. The van der Waals surface area contributed by atoms with Crippen LogP contribution < -0.4 is 5.32 Å². The molecule has 1 aliphatic rings. The van der Waals surface area contributed by atoms with Crippen LogP contribution in [0, 0.1) is 0 Å². The van der Waals surface area contributed by atoms with Gasteiger partial charge in [-0.3, -0.25) is 0 Å². The summed E-state index contributed by atoms with van der Waals surface area (Å²) >= 11 is 0. The highest BCUT2D eigenvalue weighted by Gasteiger charge is 2.17. The van der Waals surface area contributed by atoms with Crippen molar-refractivity contribution in [2.24, 2.45) is 0 Å². The molecule has 0 aromatic heterocycles. The molecule has 0 saturated carbocycles. The number of rotatable bonds is 9. The van der Waals surface area contributed by atoms with E-state index in [2.05, 4.69) is 18.8 Å². The molecule has 2 nitrogen and oxygen atoms in total. The summed E-state index contributed by atoms with van der Waals surface area (Å²) in [6, 6.07) is 0.655. The van der Waals surface area contributed by atoms with Gasteiger partial charge in [0.15, 0.2) is 0 Å². The third kappa shape index (κ3) is 5.66. The first-order chi connectivity index (χ1) is 7.86. The number of allylic oxidation sites excluding steroid dienone is 1. The molecule has 0 amide bonds. The first-order valence-electron chi connectivity index (χ1n) is 6.82. The van der Waals surface area contributed by atoms with Crippen LogP contribution in [0.15, 0.2) is 12.7 Å². The lowest BCUT2D eigenvalue weighted by Crippen LogP contribution is -2.30. The summed E-state index contributed by atoms with van der Waals surface area (Å²) < 4.78 is 5.66. The van der Waals surface area contributed by atoms with Gasteiger partial charge in [-0.2, -0.15) is 0 Å². The lowest BCUT2D eigenvalue weighted by atomic mass is 10.0. The molecule has 1 rings (SSSR count). The molecule has 2 unspecified atom stereocenters. The van der Waals surface area contributed by atoms with Crippen molar-refractivity contribution >= 4 is 0 Å². The Morgan fingerprint density at radius 3 is 3.00 bits per heavy atom. The van der Waals surface area contributed by atoms with Gasteiger partial charge < -0.3 is 10.1 Å². The molecule has 94 valence electrons. The van der Waals surface area contributed by atoms with Crippen molar-refractivity contribution in [1.82, 2.24) is 5.32 Å². The second kappa shape index (κ2) is 8.77. The summed E-state index contributed by atoms with van der Waals surface area (Å²) in [7, 11) is 0. The standard InChI is InChI=1S/C14H27NO/c1-3-5-7-13(15-11-4-2)9-10-14-8-6-12-16-14/h3,13-15H,1,4-12H2,2H3. The predicted molar refractivity (Wildman–Crippen MR) is 69.7 cm³/mol. The van der Waals surface area contributed by atoms with Crippen molar-refractivity contribution in [3.8, 4) is 0 Å². The second-order valence-corrected chi connectivity index (χ2v) is 4.73. The molecule has 2 heteroatoms. The van der Waals surface area contributed by atoms with Gasteiger partial charge in [-0.15, -0.1) is 6.58 Å². The third-order valence-corrected chi connectivity index (χ3v) is 3.26. The van der Waals surface area contributed by atoms with E-state index in [-0.39, 0.29) is 0 Å². The minimum atomic E-state index is 0.537. The van der Waals surface area contributed by atoms with Crippen LogP contribution in [0.5, 0.6) is 0 Å². The molecule has 0 bridgehead atoms. The highest BCUT2D eigenvalue weighted by atomic mass is 16.5. The first-order valence-corrected chi connectivity index (χ1v) is 6.82. The molecule has 1 N–H and O–H groups in total. The van der Waals surface area contributed by atoms with E-state index in [1.54, 1.807) is 0 Å². The molecule has 1 fully saturated rings. The van der Waals surface area contributed by atoms with E-state index < -0.39 is 0 Å². The average molecular weight is 225 g/mol. The topological polar surface area (TPSA) is 21.3 Å². The quantitative estimate of drug-likeness (QED) is 0.608. The molecular weight excluding hydrogens is 198 g/mol. The molecule has 16 heavy (non-hydrogen) atoms. The van der Waals surface area contributed by atoms with Crippen LogP contribution in [0.3, 0.4) is 0 Å². The second-order valence-electron chi connectivity index (χ2n) is 4.73. The maximum atomic E-state index is 5.66. The van der Waals surface area contributed by atoms with Crippen molar-refractivity contribution in [2.45, 2.75) is 64.0 Å². The third-order valence-electron chi connectivity index (χ3n) is 3.26. The average Bonchev–Trinajstić information content (AvgIpc) is 2.81. The summed E-state index contributed by atoms with van der Waals surface area (Å²) in [5, 5.41) is 3.62. The Morgan fingerprint density at radius 2 is 2.38 bits per heavy atom. The lowest BCUT2D eigenvalue weighted by Gasteiger charge is -2.19. The van der Waals surface area contributed by atoms with Gasteiger partial charge in [0.05, 0.1) is 6.10 Å². The van der Waals surface area contributed by atoms with Crippen LogP contribution in [0.1, 0.15) is 51.9 Å². The Kier molecular flexibility index (Phi) is 7.52. The van der Waals surface area contributed by atoms with Crippen molar-refractivity contribution in [3.63, 3.8) is 0 Å². The van der Waals surface area contributed by atoms with Gasteiger partial charge in [0.1, 0.15) is 0 Å². The zero-order valence-corrected chi connectivity index (χ0v) is 10.7. The number of ether oxygens (including phenoxy) is 1. The Morgan fingerprint density at radius 1 is 1.50 bits per heavy atom. The Hall–Kier alpha value is -0.340. The van der Waals surface area contributed by atoms with E-state index in [0.717, 1.165) is 19.6 Å². The van der Waals surface area contributed by atoms with Crippen LogP contribution in [-0.2, 0) is 4.74 Å². The van der Waals surface area contributed by atoms with E-state index in [1.807, 2.05) is 6.08 Å². The molecule has 1 saturated heterocycles. The number of hydrogen-bond donors (Lipinski definition) is 1. The summed E-state index contributed by atoms with van der Waals surface area (Å²) in [6.07, 6.45) is 11.1. The smallest absolute Gasteiger partial charge is 0.0576 e. The van der Waals surface area contributed by atoms with Crippen molar-refractivity contribution in [2.75, 3.05) is 13.2 Å². The van der Waals surface area contributed by atoms with Crippen LogP contribution in [0.25, 0.3) is 0 Å². The fourth-order valence-corrected chi connectivity index (χ4v) is 2.28.